The summed E-state index contributed by atoms with van der Waals surface area (Å²) in [7, 11) is 0. The Morgan fingerprint density at radius 2 is 2.00 bits per heavy atom. The molecule has 8 heteroatoms. The summed E-state index contributed by atoms with van der Waals surface area (Å²) in [6.45, 7) is 2.48. The SMILES string of the molecule is CC(=O)OCCCCn1cnc2c(Cl)nc(Oc3ccccc3)nc21. The van der Waals surface area contributed by atoms with Crippen LogP contribution in [0.15, 0.2) is 36.7 Å². The van der Waals surface area contributed by atoms with Crippen LogP contribution in [0.4, 0.5) is 0 Å². The minimum atomic E-state index is -0.268. The first-order valence-electron chi connectivity index (χ1n) is 7.88. The quantitative estimate of drug-likeness (QED) is 0.364. The van der Waals surface area contributed by atoms with Gasteiger partial charge in [-0.3, -0.25) is 4.79 Å². The molecule has 0 fully saturated rings. The van der Waals surface area contributed by atoms with Crippen LogP contribution in [-0.2, 0) is 16.1 Å². The first-order valence-corrected chi connectivity index (χ1v) is 8.26. The monoisotopic (exact) mass is 360 g/mol. The smallest absolute Gasteiger partial charge is 0.325 e. The summed E-state index contributed by atoms with van der Waals surface area (Å²) in [5.41, 5.74) is 1.14. The van der Waals surface area contributed by atoms with Crippen LogP contribution in [0.2, 0.25) is 5.15 Å². The summed E-state index contributed by atoms with van der Waals surface area (Å²) in [4.78, 5) is 23.6. The second-order valence-electron chi connectivity index (χ2n) is 5.37. The van der Waals surface area contributed by atoms with Crippen molar-refractivity contribution in [1.82, 2.24) is 19.5 Å². The molecule has 0 unspecified atom stereocenters. The average Bonchev–Trinajstić information content (AvgIpc) is 2.99. The van der Waals surface area contributed by atoms with Gasteiger partial charge < -0.3 is 14.0 Å². The van der Waals surface area contributed by atoms with E-state index < -0.39 is 0 Å². The molecule has 0 aliphatic carbocycles. The number of hydrogen-bond donors (Lipinski definition) is 0. The topological polar surface area (TPSA) is 79.1 Å². The number of carbonyl (C=O) groups is 1. The third-order valence-corrected chi connectivity index (χ3v) is 3.72. The van der Waals surface area contributed by atoms with Crippen molar-refractivity contribution in [1.29, 1.82) is 0 Å². The van der Waals surface area contributed by atoms with Crippen LogP contribution in [0.3, 0.4) is 0 Å². The fraction of sp³-hybridized carbons (Fsp3) is 0.294. The first-order chi connectivity index (χ1) is 12.1. The van der Waals surface area contributed by atoms with E-state index in [2.05, 4.69) is 15.0 Å². The van der Waals surface area contributed by atoms with Crippen LogP contribution in [0.5, 0.6) is 11.8 Å². The third-order valence-electron chi connectivity index (χ3n) is 3.45. The zero-order chi connectivity index (χ0) is 17.6. The summed E-state index contributed by atoms with van der Waals surface area (Å²) in [6, 6.07) is 9.42. The number of para-hydroxylation sites is 1. The van der Waals surface area contributed by atoms with E-state index >= 15 is 0 Å². The number of imidazole rings is 1. The lowest BCUT2D eigenvalue weighted by atomic mass is 10.3. The standard InChI is InChI=1S/C17H17ClN4O3/c1-12(23)24-10-6-5-9-22-11-19-14-15(18)20-17(21-16(14)22)25-13-7-3-2-4-8-13/h2-4,7-8,11H,5-6,9-10H2,1H3. The fourth-order valence-corrected chi connectivity index (χ4v) is 2.50. The number of benzene rings is 1. The zero-order valence-corrected chi connectivity index (χ0v) is 14.4. The maximum absolute atomic E-state index is 10.8. The number of rotatable bonds is 7. The molecular weight excluding hydrogens is 344 g/mol. The Bertz CT molecular complexity index is 867. The number of hydrogen-bond acceptors (Lipinski definition) is 6. The normalized spacial score (nSPS) is 10.8. The molecule has 0 aliphatic rings. The predicted octanol–water partition coefficient (Wildman–Crippen LogP) is 3.62. The highest BCUT2D eigenvalue weighted by molar-refractivity contribution is 6.33. The van der Waals surface area contributed by atoms with Gasteiger partial charge in [0.1, 0.15) is 11.3 Å². The molecule has 7 nitrogen and oxygen atoms in total. The van der Waals surface area contributed by atoms with Gasteiger partial charge >= 0.3 is 12.0 Å². The van der Waals surface area contributed by atoms with Crippen molar-refractivity contribution in [3.05, 3.63) is 41.8 Å². The van der Waals surface area contributed by atoms with Crippen LogP contribution < -0.4 is 4.74 Å². The molecule has 3 rings (SSSR count). The number of aryl methyl sites for hydroxylation is 1. The Morgan fingerprint density at radius 1 is 1.20 bits per heavy atom. The van der Waals surface area contributed by atoms with Crippen LogP contribution in [0.25, 0.3) is 11.2 Å². The molecule has 3 aromatic rings. The van der Waals surface area contributed by atoms with Gasteiger partial charge in [-0.05, 0) is 25.0 Å². The summed E-state index contributed by atoms with van der Waals surface area (Å²) in [6.07, 6.45) is 3.24. The second-order valence-corrected chi connectivity index (χ2v) is 5.73. The Kier molecular flexibility index (Phi) is 5.45. The lowest BCUT2D eigenvalue weighted by Gasteiger charge is -2.07. The first kappa shape index (κ1) is 17.2. The molecule has 0 saturated carbocycles. The van der Waals surface area contributed by atoms with E-state index in [-0.39, 0.29) is 17.1 Å². The summed E-state index contributed by atoms with van der Waals surface area (Å²) in [5, 5.41) is 0.245. The Morgan fingerprint density at radius 3 is 2.76 bits per heavy atom. The van der Waals surface area contributed by atoms with Gasteiger partial charge in [0.05, 0.1) is 12.9 Å². The van der Waals surface area contributed by atoms with Gasteiger partial charge in [-0.15, -0.1) is 0 Å². The number of carbonyl (C=O) groups excluding carboxylic acids is 1. The predicted molar refractivity (Wildman–Crippen MR) is 92.7 cm³/mol. The lowest BCUT2D eigenvalue weighted by molar-refractivity contribution is -0.141. The van der Waals surface area contributed by atoms with Gasteiger partial charge in [0.15, 0.2) is 10.8 Å². The van der Waals surface area contributed by atoms with E-state index in [1.54, 1.807) is 6.33 Å². The molecule has 0 radical (unpaired) electrons. The van der Waals surface area contributed by atoms with Crippen molar-refractivity contribution in [3.63, 3.8) is 0 Å². The number of esters is 1. The number of halogens is 1. The Balaban J connectivity index is 1.73. The van der Waals surface area contributed by atoms with E-state index in [1.165, 1.54) is 6.92 Å². The van der Waals surface area contributed by atoms with Crippen LogP contribution in [0, 0.1) is 0 Å². The number of nitrogens with zero attached hydrogens (tertiary/aromatic N) is 4. The largest absolute Gasteiger partial charge is 0.466 e. The van der Waals surface area contributed by atoms with E-state index in [9.17, 15) is 4.79 Å². The third kappa shape index (κ3) is 4.45. The average molecular weight is 361 g/mol. The van der Waals surface area contributed by atoms with Crippen LogP contribution >= 0.6 is 11.6 Å². The van der Waals surface area contributed by atoms with Crippen molar-refractivity contribution in [3.8, 4) is 11.8 Å². The van der Waals surface area contributed by atoms with Crippen molar-refractivity contribution < 1.29 is 14.3 Å². The minimum absolute atomic E-state index is 0.172. The van der Waals surface area contributed by atoms with Crippen molar-refractivity contribution in [2.45, 2.75) is 26.3 Å². The highest BCUT2D eigenvalue weighted by Crippen LogP contribution is 2.24. The molecule has 2 heterocycles. The molecule has 0 N–H and O–H groups in total. The van der Waals surface area contributed by atoms with E-state index in [0.29, 0.717) is 30.1 Å². The fourth-order valence-electron chi connectivity index (χ4n) is 2.29. The van der Waals surface area contributed by atoms with Crippen LogP contribution in [0.1, 0.15) is 19.8 Å². The number of fused-ring (bicyclic) bond motifs is 1. The summed E-state index contributed by atoms with van der Waals surface area (Å²) in [5.74, 6) is 0.362. The van der Waals surface area contributed by atoms with E-state index in [1.807, 2.05) is 34.9 Å². The Hall–Kier alpha value is -2.67. The highest BCUT2D eigenvalue weighted by Gasteiger charge is 2.13. The van der Waals surface area contributed by atoms with Gasteiger partial charge in [0.25, 0.3) is 0 Å². The van der Waals surface area contributed by atoms with Gasteiger partial charge in [-0.2, -0.15) is 9.97 Å². The molecule has 2 aromatic heterocycles. The van der Waals surface area contributed by atoms with Gasteiger partial charge in [-0.1, -0.05) is 29.8 Å². The van der Waals surface area contributed by atoms with E-state index in [4.69, 9.17) is 21.1 Å². The summed E-state index contributed by atoms with van der Waals surface area (Å²) >= 11 is 6.20. The van der Waals surface area contributed by atoms with Crippen molar-refractivity contribution in [2.75, 3.05) is 6.61 Å². The number of ether oxygens (including phenoxy) is 2. The van der Waals surface area contributed by atoms with Crippen molar-refractivity contribution in [2.24, 2.45) is 0 Å². The molecule has 0 spiro atoms. The van der Waals surface area contributed by atoms with Gasteiger partial charge in [0.2, 0.25) is 0 Å². The molecule has 0 amide bonds. The molecule has 0 aliphatic heterocycles. The van der Waals surface area contributed by atoms with Gasteiger partial charge in [0, 0.05) is 13.5 Å². The molecule has 0 saturated heterocycles. The maximum Gasteiger partial charge on any atom is 0.325 e. The molecule has 0 atom stereocenters. The molecule has 1 aromatic carbocycles. The maximum atomic E-state index is 10.8. The molecule has 130 valence electrons. The lowest BCUT2D eigenvalue weighted by Crippen LogP contribution is -2.04. The molecule has 25 heavy (non-hydrogen) atoms. The van der Waals surface area contributed by atoms with Crippen molar-refractivity contribution >= 4 is 28.7 Å². The summed E-state index contributed by atoms with van der Waals surface area (Å²) < 4.78 is 12.5. The van der Waals surface area contributed by atoms with E-state index in [0.717, 1.165) is 12.8 Å². The zero-order valence-electron chi connectivity index (χ0n) is 13.7. The van der Waals surface area contributed by atoms with Crippen LogP contribution in [-0.4, -0.2) is 32.1 Å². The Labute approximate surface area is 149 Å². The molecular formula is C17H17ClN4O3. The van der Waals surface area contributed by atoms with Gasteiger partial charge in [-0.25, -0.2) is 4.98 Å². The highest BCUT2D eigenvalue weighted by atomic mass is 35.5. The number of unbranched alkanes of at least 4 members (excludes halogenated alkanes) is 1. The minimum Gasteiger partial charge on any atom is -0.466 e. The number of aromatic nitrogens is 4. The second kappa shape index (κ2) is 7.94. The molecule has 0 bridgehead atoms.